The van der Waals surface area contributed by atoms with Crippen LogP contribution >= 0.6 is 0 Å². The Morgan fingerprint density at radius 2 is 1.95 bits per heavy atom. The van der Waals surface area contributed by atoms with Crippen molar-refractivity contribution < 1.29 is 4.79 Å². The fourth-order valence-electron chi connectivity index (χ4n) is 2.20. The van der Waals surface area contributed by atoms with Gasteiger partial charge in [0.05, 0.1) is 0 Å². The Hall–Kier alpha value is -1.58. The lowest BCUT2D eigenvalue weighted by Crippen LogP contribution is -2.38. The van der Waals surface area contributed by atoms with Gasteiger partial charge < -0.3 is 10.2 Å². The van der Waals surface area contributed by atoms with Crippen LogP contribution < -0.4 is 5.32 Å². The first-order chi connectivity index (χ1) is 9.90. The van der Waals surface area contributed by atoms with Crippen molar-refractivity contribution in [2.45, 2.75) is 53.5 Å². The first-order valence-corrected chi connectivity index (χ1v) is 7.92. The number of amides is 1. The van der Waals surface area contributed by atoms with Gasteiger partial charge in [-0.1, -0.05) is 27.2 Å². The van der Waals surface area contributed by atoms with E-state index in [1.807, 2.05) is 31.0 Å². The van der Waals surface area contributed by atoms with E-state index in [0.717, 1.165) is 36.5 Å². The lowest BCUT2D eigenvalue weighted by Gasteiger charge is -2.28. The van der Waals surface area contributed by atoms with Crippen molar-refractivity contribution in [2.75, 3.05) is 18.9 Å². The highest BCUT2D eigenvalue weighted by atomic mass is 16.2. The Balaban J connectivity index is 3.06. The molecule has 0 aliphatic carbocycles. The molecule has 1 rings (SSSR count). The maximum Gasteiger partial charge on any atom is 0.254 e. The van der Waals surface area contributed by atoms with Gasteiger partial charge in [-0.3, -0.25) is 4.79 Å². The SMILES string of the molecule is CCCc1cc(C(=O)N(C)C(C)C(C)C)cc(NCC)n1. The summed E-state index contributed by atoms with van der Waals surface area (Å²) in [6, 6.07) is 3.99. The zero-order chi connectivity index (χ0) is 16.0. The molecule has 1 amide bonds. The van der Waals surface area contributed by atoms with Gasteiger partial charge in [-0.15, -0.1) is 0 Å². The van der Waals surface area contributed by atoms with E-state index in [9.17, 15) is 4.79 Å². The molecule has 4 heteroatoms. The first-order valence-electron chi connectivity index (χ1n) is 7.92. The number of pyridine rings is 1. The molecular formula is C17H29N3O. The monoisotopic (exact) mass is 291 g/mol. The van der Waals surface area contributed by atoms with Crippen LogP contribution in [0.4, 0.5) is 5.82 Å². The Kier molecular flexibility index (Phi) is 6.66. The predicted molar refractivity (Wildman–Crippen MR) is 88.8 cm³/mol. The molecular weight excluding hydrogens is 262 g/mol. The highest BCUT2D eigenvalue weighted by molar-refractivity contribution is 5.95. The van der Waals surface area contributed by atoms with Gasteiger partial charge in [0.25, 0.3) is 5.91 Å². The number of anilines is 1. The van der Waals surface area contributed by atoms with Crippen LogP contribution in [0.3, 0.4) is 0 Å². The number of hydrogen-bond donors (Lipinski definition) is 1. The molecule has 118 valence electrons. The van der Waals surface area contributed by atoms with Crippen LogP contribution in [-0.4, -0.2) is 35.4 Å². The summed E-state index contributed by atoms with van der Waals surface area (Å²) in [6.07, 6.45) is 1.91. The van der Waals surface area contributed by atoms with Crippen LogP contribution in [0, 0.1) is 5.92 Å². The van der Waals surface area contributed by atoms with Gasteiger partial charge in [0, 0.05) is 30.9 Å². The normalized spacial score (nSPS) is 12.3. The van der Waals surface area contributed by atoms with Gasteiger partial charge in [0.15, 0.2) is 0 Å². The summed E-state index contributed by atoms with van der Waals surface area (Å²) >= 11 is 0. The van der Waals surface area contributed by atoms with Gasteiger partial charge in [-0.05, 0) is 38.3 Å². The fourth-order valence-corrected chi connectivity index (χ4v) is 2.20. The van der Waals surface area contributed by atoms with Gasteiger partial charge in [0.1, 0.15) is 5.82 Å². The highest BCUT2D eigenvalue weighted by Crippen LogP contribution is 2.17. The molecule has 21 heavy (non-hydrogen) atoms. The third-order valence-corrected chi connectivity index (χ3v) is 3.89. The van der Waals surface area contributed by atoms with Crippen LogP contribution in [0.25, 0.3) is 0 Å². The molecule has 1 unspecified atom stereocenters. The molecule has 0 bridgehead atoms. The lowest BCUT2D eigenvalue weighted by atomic mass is 10.0. The van der Waals surface area contributed by atoms with E-state index < -0.39 is 0 Å². The molecule has 0 saturated carbocycles. The van der Waals surface area contributed by atoms with Crippen molar-refractivity contribution in [1.29, 1.82) is 0 Å². The Labute approximate surface area is 129 Å². The Morgan fingerprint density at radius 1 is 1.29 bits per heavy atom. The van der Waals surface area contributed by atoms with Crippen molar-refractivity contribution in [3.05, 3.63) is 23.4 Å². The molecule has 0 radical (unpaired) electrons. The third kappa shape index (κ3) is 4.73. The molecule has 1 heterocycles. The average molecular weight is 291 g/mol. The highest BCUT2D eigenvalue weighted by Gasteiger charge is 2.20. The minimum absolute atomic E-state index is 0.0649. The molecule has 0 aliphatic heterocycles. The van der Waals surface area contributed by atoms with Crippen molar-refractivity contribution in [2.24, 2.45) is 5.92 Å². The van der Waals surface area contributed by atoms with E-state index in [4.69, 9.17) is 0 Å². The average Bonchev–Trinajstić information content (AvgIpc) is 2.45. The molecule has 0 aromatic carbocycles. The van der Waals surface area contributed by atoms with E-state index in [2.05, 4.69) is 38.0 Å². The summed E-state index contributed by atoms with van der Waals surface area (Å²) in [6.45, 7) is 11.3. The third-order valence-electron chi connectivity index (χ3n) is 3.89. The zero-order valence-electron chi connectivity index (χ0n) is 14.2. The molecule has 1 atom stereocenters. The van der Waals surface area contributed by atoms with E-state index in [1.165, 1.54) is 0 Å². The molecule has 0 aliphatic rings. The summed E-state index contributed by atoms with van der Waals surface area (Å²) in [5.74, 6) is 1.29. The summed E-state index contributed by atoms with van der Waals surface area (Å²) in [7, 11) is 1.87. The minimum Gasteiger partial charge on any atom is -0.370 e. The fraction of sp³-hybridized carbons (Fsp3) is 0.647. The molecule has 4 nitrogen and oxygen atoms in total. The van der Waals surface area contributed by atoms with Crippen molar-refractivity contribution in [3.63, 3.8) is 0 Å². The van der Waals surface area contributed by atoms with Gasteiger partial charge in [0.2, 0.25) is 0 Å². The Morgan fingerprint density at radius 3 is 2.48 bits per heavy atom. The van der Waals surface area contributed by atoms with Crippen LogP contribution in [0.5, 0.6) is 0 Å². The van der Waals surface area contributed by atoms with Crippen LogP contribution in [0.15, 0.2) is 12.1 Å². The van der Waals surface area contributed by atoms with Crippen LogP contribution in [0.1, 0.15) is 57.1 Å². The second-order valence-electron chi connectivity index (χ2n) is 5.91. The zero-order valence-corrected chi connectivity index (χ0v) is 14.2. The van der Waals surface area contributed by atoms with Crippen molar-refractivity contribution >= 4 is 11.7 Å². The molecule has 0 spiro atoms. The van der Waals surface area contributed by atoms with Gasteiger partial charge in [-0.2, -0.15) is 0 Å². The minimum atomic E-state index is 0.0649. The predicted octanol–water partition coefficient (Wildman–Crippen LogP) is 3.58. The maximum atomic E-state index is 12.7. The molecule has 0 saturated heterocycles. The maximum absolute atomic E-state index is 12.7. The van der Waals surface area contributed by atoms with Crippen molar-refractivity contribution in [1.82, 2.24) is 9.88 Å². The van der Waals surface area contributed by atoms with Crippen LogP contribution in [0.2, 0.25) is 0 Å². The van der Waals surface area contributed by atoms with E-state index in [1.54, 1.807) is 0 Å². The second-order valence-corrected chi connectivity index (χ2v) is 5.91. The topological polar surface area (TPSA) is 45.2 Å². The smallest absolute Gasteiger partial charge is 0.254 e. The van der Waals surface area contributed by atoms with Crippen molar-refractivity contribution in [3.8, 4) is 0 Å². The number of carbonyl (C=O) groups excluding carboxylic acids is 1. The number of hydrogen-bond acceptors (Lipinski definition) is 3. The quantitative estimate of drug-likeness (QED) is 0.835. The van der Waals surface area contributed by atoms with E-state index in [0.29, 0.717) is 5.92 Å². The summed E-state index contributed by atoms with van der Waals surface area (Å²) < 4.78 is 0. The summed E-state index contributed by atoms with van der Waals surface area (Å²) in [5, 5.41) is 3.21. The lowest BCUT2D eigenvalue weighted by molar-refractivity contribution is 0.0707. The second kappa shape index (κ2) is 8.01. The van der Waals surface area contributed by atoms with E-state index in [-0.39, 0.29) is 11.9 Å². The number of nitrogens with one attached hydrogen (secondary N) is 1. The number of carbonyl (C=O) groups is 1. The number of rotatable bonds is 7. The van der Waals surface area contributed by atoms with Crippen LogP contribution in [-0.2, 0) is 6.42 Å². The molecule has 1 aromatic heterocycles. The Bertz CT molecular complexity index is 447. The largest absolute Gasteiger partial charge is 0.370 e. The number of nitrogens with zero attached hydrogens (tertiary/aromatic N) is 2. The van der Waals surface area contributed by atoms with Gasteiger partial charge >= 0.3 is 0 Å². The molecule has 1 aromatic rings. The summed E-state index contributed by atoms with van der Waals surface area (Å²) in [4.78, 5) is 19.1. The molecule has 1 N–H and O–H groups in total. The number of aromatic nitrogens is 1. The first kappa shape index (κ1) is 17.5. The molecule has 0 fully saturated rings. The summed E-state index contributed by atoms with van der Waals surface area (Å²) in [5.41, 5.74) is 1.70. The standard InChI is InChI=1S/C17H29N3O/c1-7-9-15-10-14(11-16(19-15)18-8-2)17(21)20(6)13(5)12(3)4/h10-13H,7-9H2,1-6H3,(H,18,19). The number of aryl methyl sites for hydroxylation is 1. The van der Waals surface area contributed by atoms with Gasteiger partial charge in [-0.25, -0.2) is 4.98 Å². The van der Waals surface area contributed by atoms with E-state index >= 15 is 0 Å².